The van der Waals surface area contributed by atoms with Crippen LogP contribution < -0.4 is 0 Å². The molecule has 0 aliphatic rings. The number of carbonyl (C=O) groups is 2. The number of carboxylic acid groups (broad SMARTS) is 2. The Morgan fingerprint density at radius 1 is 0.400 bits per heavy atom. The molecule has 0 fully saturated rings. The molecule has 34 heteroatoms. The lowest BCUT2D eigenvalue weighted by Gasteiger charge is -2.48. The maximum absolute atomic E-state index is 14.9. The van der Waals surface area contributed by atoms with Gasteiger partial charge in [0.05, 0.1) is 0 Å². The lowest BCUT2D eigenvalue weighted by atomic mass is 9.73. The zero-order valence-electron chi connectivity index (χ0n) is 21.3. The van der Waals surface area contributed by atoms with Gasteiger partial charge in [-0.1, -0.05) is 0 Å². The summed E-state index contributed by atoms with van der Waals surface area (Å²) >= 11 is 0. The van der Waals surface area contributed by atoms with Crippen LogP contribution in [-0.4, -0.2) is 111 Å². The molecule has 0 saturated heterocycles. The van der Waals surface area contributed by atoms with Crippen molar-refractivity contribution in [3.8, 4) is 0 Å². The molecule has 0 aromatic rings. The van der Waals surface area contributed by atoms with E-state index in [0.29, 0.717) is 0 Å². The number of halogens is 26. The van der Waals surface area contributed by atoms with Crippen LogP contribution in [0, 0.1) is 5.92 Å². The molecule has 0 aliphatic carbocycles. The van der Waals surface area contributed by atoms with Gasteiger partial charge < -0.3 is 10.2 Å². The predicted octanol–water partition coefficient (Wildman–Crippen LogP) is 6.88. The highest BCUT2D eigenvalue weighted by molar-refractivity contribution is 7.88. The molecule has 2 unspecified atom stereocenters. The molecule has 0 radical (unpaired) electrons. The average molecular weight is 834 g/mol. The van der Waals surface area contributed by atoms with Crippen LogP contribution in [0.25, 0.3) is 0 Å². The third-order valence-corrected chi connectivity index (χ3v) is 7.58. The molecule has 50 heavy (non-hydrogen) atoms. The summed E-state index contributed by atoms with van der Waals surface area (Å²) in [6, 6.07) is 0. The maximum atomic E-state index is 14.9. The summed E-state index contributed by atoms with van der Waals surface area (Å²) in [5, 5.41) is 17.3. The lowest BCUT2D eigenvalue weighted by molar-refractivity contribution is -0.449. The molecule has 0 aliphatic heterocycles. The fourth-order valence-electron chi connectivity index (χ4n) is 3.41. The van der Waals surface area contributed by atoms with Crippen LogP contribution in [0.15, 0.2) is 0 Å². The maximum Gasteiger partial charge on any atom is 0.460 e. The zero-order chi connectivity index (χ0) is 41.7. The van der Waals surface area contributed by atoms with Crippen molar-refractivity contribution in [2.45, 2.75) is 76.3 Å². The molecule has 7 nitrogen and oxygen atoms in total. The molecule has 298 valence electrons. The smallest absolute Gasteiger partial charge is 0.460 e. The van der Waals surface area contributed by atoms with Crippen molar-refractivity contribution in [3.63, 3.8) is 0 Å². The second-order valence-electron chi connectivity index (χ2n) is 9.08. The minimum atomic E-state index is -9.79. The van der Waals surface area contributed by atoms with E-state index < -0.39 is 104 Å². The van der Waals surface area contributed by atoms with E-state index in [4.69, 9.17) is 14.8 Å². The molecule has 2 atom stereocenters. The van der Waals surface area contributed by atoms with E-state index in [1.807, 2.05) is 0 Å². The van der Waals surface area contributed by atoms with E-state index in [1.54, 1.807) is 0 Å². The van der Waals surface area contributed by atoms with Gasteiger partial charge in [-0.25, -0.2) is 0 Å². The van der Waals surface area contributed by atoms with Gasteiger partial charge >= 0.3 is 83.5 Å². The Morgan fingerprint density at radius 3 is 0.820 bits per heavy atom. The van der Waals surface area contributed by atoms with Crippen molar-refractivity contribution in [3.05, 3.63) is 0 Å². The van der Waals surface area contributed by atoms with Crippen LogP contribution in [0.3, 0.4) is 0 Å². The van der Waals surface area contributed by atoms with Crippen molar-refractivity contribution < 1.29 is 147 Å². The molecule has 3 N–H and O–H groups in total. The van der Waals surface area contributed by atoms with E-state index in [0.717, 1.165) is 0 Å². The Balaban J connectivity index is 8.70. The number of alkyl halides is 26. The van der Waals surface area contributed by atoms with Gasteiger partial charge in [0.15, 0.2) is 5.92 Å². The first-order chi connectivity index (χ1) is 21.0. The van der Waals surface area contributed by atoms with E-state index in [1.165, 1.54) is 0 Å². The second kappa shape index (κ2) is 11.5. The van der Waals surface area contributed by atoms with Crippen LogP contribution in [0.5, 0.6) is 0 Å². The van der Waals surface area contributed by atoms with Crippen molar-refractivity contribution in [2.75, 3.05) is 0 Å². The highest BCUT2D eigenvalue weighted by atomic mass is 32.2. The normalized spacial score (nSPS) is 18.1. The monoisotopic (exact) mass is 834 g/mol. The van der Waals surface area contributed by atoms with Gasteiger partial charge in [-0.2, -0.15) is 123 Å². The van der Waals surface area contributed by atoms with Crippen molar-refractivity contribution in [1.82, 2.24) is 0 Å². The number of rotatable bonds is 14. The highest BCUT2D eigenvalue weighted by Crippen LogP contribution is 2.67. The molecule has 0 saturated carbocycles. The quantitative estimate of drug-likeness (QED) is 0.129. The van der Waals surface area contributed by atoms with Gasteiger partial charge in [0.1, 0.15) is 0 Å². The van der Waals surface area contributed by atoms with E-state index in [-0.39, 0.29) is 0 Å². The summed E-state index contributed by atoms with van der Waals surface area (Å²) in [7, 11) is -9.43. The van der Waals surface area contributed by atoms with Crippen LogP contribution in [0.1, 0.15) is 0 Å². The van der Waals surface area contributed by atoms with Gasteiger partial charge in [0.25, 0.3) is 14.9 Å². The lowest BCUT2D eigenvalue weighted by Crippen LogP contribution is -2.81. The minimum Gasteiger partial charge on any atom is -0.481 e. The Labute approximate surface area is 252 Å². The van der Waals surface area contributed by atoms with E-state index >= 15 is 0 Å². The first kappa shape index (κ1) is 47.0. The standard InChI is InChI=1S/C16H4F26O7S/c17-5(18,7(21,22)9(25,26)11(29,30)13(33,34)15(37,38)39)1(2(43)44)4(3(45)46,50(47,48)49)6(19,20)8(23,24)10(27,28)12(31,32)14(35,36)16(40,41)42/h1H,(H,43,44)(H,45,46)(H,47,48,49). The first-order valence-corrected chi connectivity index (χ1v) is 11.8. The van der Waals surface area contributed by atoms with Crippen LogP contribution in [0.4, 0.5) is 114 Å². The number of carboxylic acids is 2. The summed E-state index contributed by atoms with van der Waals surface area (Å²) < 4.78 is 375. The number of aliphatic carboxylic acids is 2. The largest absolute Gasteiger partial charge is 0.481 e. The number of hydrogen-bond donors (Lipinski definition) is 3. The van der Waals surface area contributed by atoms with Crippen molar-refractivity contribution in [1.29, 1.82) is 0 Å². The molecule has 0 heterocycles. The minimum absolute atomic E-state index is 5.37. The van der Waals surface area contributed by atoms with Gasteiger partial charge in [-0.15, -0.1) is 0 Å². The molecule has 0 rings (SSSR count). The fourth-order valence-corrected chi connectivity index (χ4v) is 4.63. The summed E-state index contributed by atoms with van der Waals surface area (Å²) in [6.07, 6.45) is -16.7. The van der Waals surface area contributed by atoms with E-state index in [9.17, 15) is 132 Å². The molecule has 0 amide bonds. The summed E-state index contributed by atoms with van der Waals surface area (Å²) in [5.41, 5.74) is 0. The Kier molecular flexibility index (Phi) is 10.8. The summed E-state index contributed by atoms with van der Waals surface area (Å²) in [4.78, 5) is 22.6. The van der Waals surface area contributed by atoms with E-state index in [2.05, 4.69) is 0 Å². The van der Waals surface area contributed by atoms with Crippen LogP contribution in [0.2, 0.25) is 0 Å². The van der Waals surface area contributed by atoms with Gasteiger partial charge in [0.2, 0.25) is 0 Å². The third kappa shape index (κ3) is 5.41. The molecular weight excluding hydrogens is 830 g/mol. The van der Waals surface area contributed by atoms with Gasteiger partial charge in [-0.05, 0) is 0 Å². The van der Waals surface area contributed by atoms with Gasteiger partial charge in [-0.3, -0.25) is 14.1 Å². The summed E-state index contributed by atoms with van der Waals surface area (Å²) in [5.74, 6) is -113. The highest BCUT2D eigenvalue weighted by Gasteiger charge is 2.99. The molecule has 0 bridgehead atoms. The second-order valence-corrected chi connectivity index (χ2v) is 10.7. The fraction of sp³-hybridized carbons (Fsp3) is 0.875. The van der Waals surface area contributed by atoms with Crippen LogP contribution in [-0.2, 0) is 19.7 Å². The Hall–Kier alpha value is -2.97. The Bertz CT molecular complexity index is 1440. The third-order valence-electron chi connectivity index (χ3n) is 6.10. The molecule has 0 aromatic carbocycles. The van der Waals surface area contributed by atoms with Crippen LogP contribution >= 0.6 is 0 Å². The summed E-state index contributed by atoms with van der Waals surface area (Å²) in [6.45, 7) is 0. The zero-order valence-corrected chi connectivity index (χ0v) is 22.1. The number of hydrogen-bond acceptors (Lipinski definition) is 4. The average Bonchev–Trinajstić information content (AvgIpc) is 2.82. The topological polar surface area (TPSA) is 129 Å². The van der Waals surface area contributed by atoms with Gasteiger partial charge in [0, 0.05) is 0 Å². The first-order valence-electron chi connectivity index (χ1n) is 10.4. The molecule has 0 spiro atoms. The molecule has 0 aromatic heterocycles. The van der Waals surface area contributed by atoms with Crippen molar-refractivity contribution in [2.24, 2.45) is 5.92 Å². The predicted molar refractivity (Wildman–Crippen MR) is 94.6 cm³/mol. The molecular formula is C16H4F26O7S. The SMILES string of the molecule is O=C(O)C(C(F)(F)C(F)(F)C(F)(F)C(F)(F)C(F)(F)C(F)(F)F)C(C(=O)O)(C(F)(F)C(F)(F)C(F)(F)C(F)(F)C(F)(F)C(F)(F)F)S(=O)(=O)O. The van der Waals surface area contributed by atoms with Crippen molar-refractivity contribution >= 4 is 22.1 Å². The Morgan fingerprint density at radius 2 is 0.620 bits per heavy atom.